The Kier molecular flexibility index (Phi) is 4.19. The summed E-state index contributed by atoms with van der Waals surface area (Å²) in [7, 11) is -3.72. The van der Waals surface area contributed by atoms with Crippen LogP contribution in [0.15, 0.2) is 64.4 Å². The first kappa shape index (κ1) is 15.7. The van der Waals surface area contributed by atoms with E-state index in [0.717, 1.165) is 0 Å². The Labute approximate surface area is 137 Å². The van der Waals surface area contributed by atoms with Gasteiger partial charge in [0.2, 0.25) is 9.84 Å². The highest BCUT2D eigenvalue weighted by Gasteiger charge is 2.22. The first-order valence-electron chi connectivity index (χ1n) is 6.63. The van der Waals surface area contributed by atoms with Gasteiger partial charge in [0.05, 0.1) is 11.9 Å². The Balaban J connectivity index is 1.86. The van der Waals surface area contributed by atoms with E-state index in [1.54, 1.807) is 24.3 Å². The number of benzene rings is 2. The molecule has 0 radical (unpaired) electrons. The standard InChI is InChI=1S/C16H11ClFNO3S/c17-13-5-1-11(2-6-13)10-23(20,21)16-19-9-15(22-16)12-3-7-14(18)8-4-12/h1-9H,10H2. The van der Waals surface area contributed by atoms with E-state index in [9.17, 15) is 12.8 Å². The van der Waals surface area contributed by atoms with Crippen LogP contribution in [0.1, 0.15) is 5.56 Å². The van der Waals surface area contributed by atoms with Crippen molar-refractivity contribution in [2.75, 3.05) is 0 Å². The lowest BCUT2D eigenvalue weighted by molar-refractivity contribution is 0.439. The number of aromatic nitrogens is 1. The molecule has 2 aromatic carbocycles. The molecular formula is C16H11ClFNO3S. The molecule has 4 nitrogen and oxygen atoms in total. The molecule has 0 aliphatic carbocycles. The zero-order chi connectivity index (χ0) is 16.4. The Morgan fingerprint density at radius 1 is 1.04 bits per heavy atom. The number of hydrogen-bond donors (Lipinski definition) is 0. The molecule has 0 amide bonds. The maximum Gasteiger partial charge on any atom is 0.315 e. The van der Waals surface area contributed by atoms with Gasteiger partial charge in [-0.2, -0.15) is 0 Å². The normalized spacial score (nSPS) is 11.6. The lowest BCUT2D eigenvalue weighted by Crippen LogP contribution is -2.05. The van der Waals surface area contributed by atoms with Gasteiger partial charge in [-0.15, -0.1) is 0 Å². The van der Waals surface area contributed by atoms with Crippen LogP contribution in [0.3, 0.4) is 0 Å². The third kappa shape index (κ3) is 3.60. The fourth-order valence-electron chi connectivity index (χ4n) is 2.01. The second-order valence-electron chi connectivity index (χ2n) is 4.88. The predicted octanol–water partition coefficient (Wildman–Crippen LogP) is 4.11. The smallest absolute Gasteiger partial charge is 0.315 e. The van der Waals surface area contributed by atoms with Gasteiger partial charge in [-0.25, -0.2) is 17.8 Å². The first-order chi connectivity index (χ1) is 10.9. The van der Waals surface area contributed by atoms with E-state index in [4.69, 9.17) is 16.0 Å². The van der Waals surface area contributed by atoms with Crippen molar-refractivity contribution in [2.45, 2.75) is 11.0 Å². The van der Waals surface area contributed by atoms with Gasteiger partial charge in [-0.3, -0.25) is 0 Å². The molecule has 0 saturated heterocycles. The van der Waals surface area contributed by atoms with Crippen LogP contribution in [-0.4, -0.2) is 13.4 Å². The van der Waals surface area contributed by atoms with Crippen LogP contribution in [0.2, 0.25) is 5.02 Å². The molecule has 1 heterocycles. The number of hydrogen-bond acceptors (Lipinski definition) is 4. The van der Waals surface area contributed by atoms with Crippen LogP contribution in [0, 0.1) is 5.82 Å². The quantitative estimate of drug-likeness (QED) is 0.709. The van der Waals surface area contributed by atoms with E-state index < -0.39 is 9.84 Å². The summed E-state index contributed by atoms with van der Waals surface area (Å²) in [4.78, 5) is 3.83. The summed E-state index contributed by atoms with van der Waals surface area (Å²) in [5.41, 5.74) is 1.13. The summed E-state index contributed by atoms with van der Waals surface area (Å²) in [6, 6.07) is 12.0. The van der Waals surface area contributed by atoms with Crippen molar-refractivity contribution >= 4 is 21.4 Å². The second-order valence-corrected chi connectivity index (χ2v) is 7.19. The zero-order valence-corrected chi connectivity index (χ0v) is 13.3. The molecule has 7 heteroatoms. The highest BCUT2D eigenvalue weighted by atomic mass is 35.5. The van der Waals surface area contributed by atoms with Crippen LogP contribution in [0.25, 0.3) is 11.3 Å². The molecule has 118 valence electrons. The number of rotatable bonds is 4. The van der Waals surface area contributed by atoms with Crippen LogP contribution in [-0.2, 0) is 15.6 Å². The zero-order valence-electron chi connectivity index (χ0n) is 11.7. The fraction of sp³-hybridized carbons (Fsp3) is 0.0625. The van der Waals surface area contributed by atoms with Crippen molar-refractivity contribution in [3.8, 4) is 11.3 Å². The molecule has 1 aromatic heterocycles. The molecule has 0 unspecified atom stereocenters. The van der Waals surface area contributed by atoms with Gasteiger partial charge in [0.1, 0.15) is 5.82 Å². The van der Waals surface area contributed by atoms with E-state index in [-0.39, 0.29) is 22.6 Å². The summed E-state index contributed by atoms with van der Waals surface area (Å²) in [6.07, 6.45) is 1.31. The van der Waals surface area contributed by atoms with Gasteiger partial charge in [0.25, 0.3) is 0 Å². The second kappa shape index (κ2) is 6.14. The van der Waals surface area contributed by atoms with E-state index in [2.05, 4.69) is 4.98 Å². The average Bonchev–Trinajstić information content (AvgIpc) is 3.01. The lowest BCUT2D eigenvalue weighted by atomic mass is 10.2. The largest absolute Gasteiger partial charge is 0.428 e. The third-order valence-corrected chi connectivity index (χ3v) is 4.84. The molecule has 0 bridgehead atoms. The van der Waals surface area contributed by atoms with Crippen LogP contribution in [0.4, 0.5) is 4.39 Å². The van der Waals surface area contributed by atoms with Gasteiger partial charge < -0.3 is 4.42 Å². The maximum absolute atomic E-state index is 12.9. The topological polar surface area (TPSA) is 60.2 Å². The van der Waals surface area contributed by atoms with Crippen molar-refractivity contribution < 1.29 is 17.2 Å². The first-order valence-corrected chi connectivity index (χ1v) is 8.66. The molecule has 23 heavy (non-hydrogen) atoms. The SMILES string of the molecule is O=S(=O)(Cc1ccc(Cl)cc1)c1ncc(-c2ccc(F)cc2)o1. The highest BCUT2D eigenvalue weighted by Crippen LogP contribution is 2.24. The van der Waals surface area contributed by atoms with E-state index in [1.165, 1.54) is 30.5 Å². The Bertz CT molecular complexity index is 919. The Morgan fingerprint density at radius 2 is 1.70 bits per heavy atom. The molecular weight excluding hydrogens is 341 g/mol. The summed E-state index contributed by atoms with van der Waals surface area (Å²) >= 11 is 5.78. The molecule has 0 saturated carbocycles. The molecule has 0 atom stereocenters. The summed E-state index contributed by atoms with van der Waals surface area (Å²) in [5.74, 6) is -0.364. The summed E-state index contributed by atoms with van der Waals surface area (Å²) in [6.45, 7) is 0. The van der Waals surface area contributed by atoms with E-state index >= 15 is 0 Å². The number of oxazole rings is 1. The monoisotopic (exact) mass is 351 g/mol. The minimum absolute atomic E-state index is 0.243. The van der Waals surface area contributed by atoms with Crippen LogP contribution < -0.4 is 0 Å². The molecule has 0 fully saturated rings. The number of nitrogens with zero attached hydrogens (tertiary/aromatic N) is 1. The van der Waals surface area contributed by atoms with Crippen LogP contribution in [0.5, 0.6) is 0 Å². The van der Waals surface area contributed by atoms with Crippen molar-refractivity contribution in [2.24, 2.45) is 0 Å². The minimum atomic E-state index is -3.72. The molecule has 0 spiro atoms. The molecule has 0 aliphatic heterocycles. The average molecular weight is 352 g/mol. The van der Waals surface area contributed by atoms with Gasteiger partial charge >= 0.3 is 5.22 Å². The summed E-state index contributed by atoms with van der Waals surface area (Å²) < 4.78 is 42.9. The highest BCUT2D eigenvalue weighted by molar-refractivity contribution is 7.90. The summed E-state index contributed by atoms with van der Waals surface area (Å²) in [5, 5.41) is 0.160. The fourth-order valence-corrected chi connectivity index (χ4v) is 3.32. The van der Waals surface area contributed by atoms with E-state index in [1.807, 2.05) is 0 Å². The molecule has 3 aromatic rings. The number of halogens is 2. The minimum Gasteiger partial charge on any atom is -0.428 e. The van der Waals surface area contributed by atoms with Crippen molar-refractivity contribution in [3.63, 3.8) is 0 Å². The van der Waals surface area contributed by atoms with Gasteiger partial charge in [0, 0.05) is 10.6 Å². The van der Waals surface area contributed by atoms with E-state index in [0.29, 0.717) is 16.1 Å². The molecule has 0 N–H and O–H groups in total. The Hall–Kier alpha value is -2.18. The lowest BCUT2D eigenvalue weighted by Gasteiger charge is -2.01. The van der Waals surface area contributed by atoms with Crippen molar-refractivity contribution in [3.05, 3.63) is 71.1 Å². The maximum atomic E-state index is 12.9. The number of sulfone groups is 1. The molecule has 0 aliphatic rings. The van der Waals surface area contributed by atoms with Gasteiger partial charge in [0.15, 0.2) is 5.76 Å². The van der Waals surface area contributed by atoms with Gasteiger partial charge in [-0.1, -0.05) is 23.7 Å². The Morgan fingerprint density at radius 3 is 2.35 bits per heavy atom. The van der Waals surface area contributed by atoms with Crippen LogP contribution >= 0.6 is 11.6 Å². The van der Waals surface area contributed by atoms with Crippen molar-refractivity contribution in [1.29, 1.82) is 0 Å². The predicted molar refractivity (Wildman–Crippen MR) is 84.2 cm³/mol. The third-order valence-electron chi connectivity index (χ3n) is 3.15. The molecule has 3 rings (SSSR count). The van der Waals surface area contributed by atoms with Gasteiger partial charge in [-0.05, 0) is 42.0 Å². The van der Waals surface area contributed by atoms with Crippen molar-refractivity contribution in [1.82, 2.24) is 4.98 Å².